The highest BCUT2D eigenvalue weighted by Crippen LogP contribution is 2.33. The molecule has 0 aromatic heterocycles. The van der Waals surface area contributed by atoms with Gasteiger partial charge >= 0.3 is 17.1 Å². The first-order chi connectivity index (χ1) is 12.0. The third kappa shape index (κ3) is 10.6. The standard InChI is InChI=1S/C20H46O4Si2/c1-11-13-25(21-17(3)4,22-18(5)6)15-16-26(14-12-2,23-19(7)8)24-20(9)10/h17-20H,11-16H2,1-10H3. The lowest BCUT2D eigenvalue weighted by Gasteiger charge is -2.39. The van der Waals surface area contributed by atoms with E-state index in [0.717, 1.165) is 37.0 Å². The van der Waals surface area contributed by atoms with Crippen molar-refractivity contribution >= 4 is 17.1 Å². The average molecular weight is 407 g/mol. The predicted molar refractivity (Wildman–Crippen MR) is 116 cm³/mol. The van der Waals surface area contributed by atoms with Crippen LogP contribution in [0.4, 0.5) is 0 Å². The summed E-state index contributed by atoms with van der Waals surface area (Å²) in [7, 11) is -4.58. The van der Waals surface area contributed by atoms with E-state index in [9.17, 15) is 0 Å². The lowest BCUT2D eigenvalue weighted by atomic mass is 10.5. The van der Waals surface area contributed by atoms with Gasteiger partial charge in [-0.2, -0.15) is 0 Å². The highest BCUT2D eigenvalue weighted by atomic mass is 28.4. The Morgan fingerprint density at radius 1 is 0.462 bits per heavy atom. The quantitative estimate of drug-likeness (QED) is 0.295. The lowest BCUT2D eigenvalue weighted by Crippen LogP contribution is -2.51. The highest BCUT2D eigenvalue weighted by Gasteiger charge is 2.45. The molecule has 0 N–H and O–H groups in total. The van der Waals surface area contributed by atoms with Crippen LogP contribution in [0.5, 0.6) is 0 Å². The fraction of sp³-hybridized carbons (Fsp3) is 1.00. The summed E-state index contributed by atoms with van der Waals surface area (Å²) < 4.78 is 26.0. The van der Waals surface area contributed by atoms with Gasteiger partial charge in [0.25, 0.3) is 0 Å². The van der Waals surface area contributed by atoms with Gasteiger partial charge in [0.2, 0.25) is 0 Å². The Labute approximate surface area is 165 Å². The molecule has 0 aliphatic carbocycles. The van der Waals surface area contributed by atoms with Gasteiger partial charge in [-0.05, 0) is 79.6 Å². The monoisotopic (exact) mass is 406 g/mol. The Bertz CT molecular complexity index is 306. The van der Waals surface area contributed by atoms with E-state index >= 15 is 0 Å². The topological polar surface area (TPSA) is 36.9 Å². The molecule has 0 aliphatic heterocycles. The third-order valence-corrected chi connectivity index (χ3v) is 12.6. The van der Waals surface area contributed by atoms with Gasteiger partial charge in [-0.3, -0.25) is 0 Å². The maximum absolute atomic E-state index is 6.50. The summed E-state index contributed by atoms with van der Waals surface area (Å²) in [5.74, 6) is 0. The summed E-state index contributed by atoms with van der Waals surface area (Å²) in [6.07, 6.45) is 2.92. The molecule has 0 rings (SSSR count). The van der Waals surface area contributed by atoms with Gasteiger partial charge in [0.1, 0.15) is 0 Å². The van der Waals surface area contributed by atoms with Gasteiger partial charge in [0.05, 0.1) is 0 Å². The molecule has 0 spiro atoms. The second kappa shape index (κ2) is 12.7. The maximum Gasteiger partial charge on any atom is 0.338 e. The predicted octanol–water partition coefficient (Wildman–Crippen LogP) is 6.39. The first-order valence-corrected chi connectivity index (χ1v) is 15.2. The summed E-state index contributed by atoms with van der Waals surface area (Å²) in [5.41, 5.74) is 0. The van der Waals surface area contributed by atoms with Crippen molar-refractivity contribution in [2.75, 3.05) is 0 Å². The van der Waals surface area contributed by atoms with Crippen molar-refractivity contribution in [2.24, 2.45) is 0 Å². The Balaban J connectivity index is 5.56. The Morgan fingerprint density at radius 2 is 0.692 bits per heavy atom. The molecule has 0 heterocycles. The SMILES string of the molecule is CCC[Si](CC[Si](CCC)(OC(C)C)OC(C)C)(OC(C)C)OC(C)C. The second-order valence-electron chi connectivity index (χ2n) is 8.49. The molecular formula is C20H46O4Si2. The molecule has 0 amide bonds. The minimum absolute atomic E-state index is 0.186. The maximum atomic E-state index is 6.50. The zero-order valence-electron chi connectivity index (χ0n) is 19.2. The molecule has 0 unspecified atom stereocenters. The smallest absolute Gasteiger partial charge is 0.338 e. The molecule has 0 bridgehead atoms. The fourth-order valence-electron chi connectivity index (χ4n) is 3.64. The molecule has 26 heavy (non-hydrogen) atoms. The molecule has 0 aliphatic rings. The van der Waals surface area contributed by atoms with Crippen LogP contribution in [-0.4, -0.2) is 41.5 Å². The van der Waals surface area contributed by atoms with Gasteiger partial charge in [-0.25, -0.2) is 0 Å². The molecule has 158 valence electrons. The van der Waals surface area contributed by atoms with Crippen LogP contribution in [0.3, 0.4) is 0 Å². The van der Waals surface area contributed by atoms with Crippen LogP contribution in [-0.2, 0) is 17.7 Å². The zero-order valence-corrected chi connectivity index (χ0v) is 21.2. The van der Waals surface area contributed by atoms with Gasteiger partial charge in [0, 0.05) is 24.4 Å². The molecule has 0 radical (unpaired) electrons. The van der Waals surface area contributed by atoms with Crippen LogP contribution in [0.15, 0.2) is 0 Å². The molecule has 0 atom stereocenters. The second-order valence-corrected chi connectivity index (χ2v) is 15.1. The third-order valence-electron chi connectivity index (χ3n) is 3.95. The van der Waals surface area contributed by atoms with Crippen molar-refractivity contribution in [1.82, 2.24) is 0 Å². The minimum atomic E-state index is -2.29. The van der Waals surface area contributed by atoms with E-state index < -0.39 is 17.1 Å². The molecule has 0 fully saturated rings. The van der Waals surface area contributed by atoms with E-state index in [1.54, 1.807) is 0 Å². The van der Waals surface area contributed by atoms with Crippen molar-refractivity contribution in [3.63, 3.8) is 0 Å². The van der Waals surface area contributed by atoms with Crippen molar-refractivity contribution in [3.05, 3.63) is 0 Å². The molecule has 6 heteroatoms. The van der Waals surface area contributed by atoms with Crippen molar-refractivity contribution in [2.45, 2.75) is 131 Å². The van der Waals surface area contributed by atoms with Gasteiger partial charge in [-0.1, -0.05) is 26.7 Å². The van der Waals surface area contributed by atoms with Crippen LogP contribution in [0.25, 0.3) is 0 Å². The molecule has 0 aromatic rings. The van der Waals surface area contributed by atoms with Crippen LogP contribution >= 0.6 is 0 Å². The average Bonchev–Trinajstić information content (AvgIpc) is 2.43. The van der Waals surface area contributed by atoms with Gasteiger partial charge in [0.15, 0.2) is 0 Å². The largest absolute Gasteiger partial charge is 0.392 e. The first-order valence-electron chi connectivity index (χ1n) is 10.7. The zero-order chi connectivity index (χ0) is 20.4. The Hall–Kier alpha value is 0.274. The molecule has 0 saturated carbocycles. The van der Waals surface area contributed by atoms with E-state index in [2.05, 4.69) is 69.2 Å². The van der Waals surface area contributed by atoms with Crippen LogP contribution in [0.1, 0.15) is 82.1 Å². The van der Waals surface area contributed by atoms with Crippen molar-refractivity contribution < 1.29 is 17.7 Å². The fourth-order valence-corrected chi connectivity index (χ4v) is 13.2. The Kier molecular flexibility index (Phi) is 12.8. The summed E-state index contributed by atoms with van der Waals surface area (Å²) in [6.45, 7) is 21.4. The molecule has 0 aromatic carbocycles. The van der Waals surface area contributed by atoms with Crippen molar-refractivity contribution in [1.29, 1.82) is 0 Å². The summed E-state index contributed by atoms with van der Waals surface area (Å²) >= 11 is 0. The highest BCUT2D eigenvalue weighted by molar-refractivity contribution is 6.73. The van der Waals surface area contributed by atoms with E-state index in [4.69, 9.17) is 17.7 Å². The van der Waals surface area contributed by atoms with E-state index in [1.807, 2.05) is 0 Å². The van der Waals surface area contributed by atoms with Crippen molar-refractivity contribution in [3.8, 4) is 0 Å². The minimum Gasteiger partial charge on any atom is -0.392 e. The first kappa shape index (κ1) is 26.3. The van der Waals surface area contributed by atoms with Crippen LogP contribution in [0.2, 0.25) is 24.2 Å². The molecule has 0 saturated heterocycles. The van der Waals surface area contributed by atoms with E-state index in [-0.39, 0.29) is 24.4 Å². The van der Waals surface area contributed by atoms with Gasteiger partial charge < -0.3 is 17.7 Å². The summed E-state index contributed by atoms with van der Waals surface area (Å²) in [5, 5.41) is 0. The molecular weight excluding hydrogens is 360 g/mol. The summed E-state index contributed by atoms with van der Waals surface area (Å²) in [4.78, 5) is 0. The van der Waals surface area contributed by atoms with Crippen LogP contribution in [0, 0.1) is 0 Å². The number of hydrogen-bond donors (Lipinski definition) is 0. The lowest BCUT2D eigenvalue weighted by molar-refractivity contribution is 0.0939. The van der Waals surface area contributed by atoms with E-state index in [1.165, 1.54) is 0 Å². The normalized spacial score (nSPS) is 13.6. The van der Waals surface area contributed by atoms with E-state index in [0.29, 0.717) is 0 Å². The van der Waals surface area contributed by atoms with Crippen LogP contribution < -0.4 is 0 Å². The number of rotatable bonds is 15. The number of hydrogen-bond acceptors (Lipinski definition) is 4. The summed E-state index contributed by atoms with van der Waals surface area (Å²) in [6, 6.07) is 3.98. The Morgan fingerprint density at radius 3 is 0.846 bits per heavy atom. The van der Waals surface area contributed by atoms with Gasteiger partial charge in [-0.15, -0.1) is 0 Å². The molecule has 4 nitrogen and oxygen atoms in total.